The first-order chi connectivity index (χ1) is 11.2. The highest BCUT2D eigenvalue weighted by Crippen LogP contribution is 2.38. The van der Waals surface area contributed by atoms with Crippen LogP contribution in [-0.2, 0) is 10.3 Å². The highest BCUT2D eigenvalue weighted by molar-refractivity contribution is 5.85. The van der Waals surface area contributed by atoms with Gasteiger partial charge in [-0.3, -0.25) is 0 Å². The average molecular weight is 350 g/mol. The van der Waals surface area contributed by atoms with Crippen LogP contribution in [0.2, 0.25) is 0 Å². The molecule has 2 aliphatic rings. The minimum atomic E-state index is -0.406. The molecule has 2 aliphatic carbocycles. The van der Waals surface area contributed by atoms with E-state index in [9.17, 15) is 0 Å². The molecule has 0 radical (unpaired) electrons. The summed E-state index contributed by atoms with van der Waals surface area (Å²) in [6.07, 6.45) is 7.60. The fraction of sp³-hybridized carbons (Fsp3) is 0.556. The fourth-order valence-electron chi connectivity index (χ4n) is 3.45. The number of rotatable bonds is 5. The lowest BCUT2D eigenvalue weighted by Gasteiger charge is -2.34. The monoisotopic (exact) mass is 349 g/mol. The summed E-state index contributed by atoms with van der Waals surface area (Å²) < 4.78 is 11.9. The van der Waals surface area contributed by atoms with Gasteiger partial charge in [0.05, 0.1) is 11.6 Å². The highest BCUT2D eigenvalue weighted by Gasteiger charge is 2.40. The van der Waals surface area contributed by atoms with Crippen LogP contribution < -0.4 is 5.73 Å². The molecule has 1 aromatic carbocycles. The summed E-state index contributed by atoms with van der Waals surface area (Å²) >= 11 is 0. The Hall–Kier alpha value is -1.43. The van der Waals surface area contributed by atoms with Crippen molar-refractivity contribution in [1.82, 2.24) is 10.1 Å². The summed E-state index contributed by atoms with van der Waals surface area (Å²) in [5.41, 5.74) is 6.96. The number of hydrogen-bond acceptors (Lipinski definition) is 5. The molecule has 2 fully saturated rings. The summed E-state index contributed by atoms with van der Waals surface area (Å²) in [5, 5.41) is 4.14. The molecule has 2 aromatic rings. The van der Waals surface area contributed by atoms with Crippen LogP contribution in [0, 0.1) is 0 Å². The molecule has 0 aliphatic heterocycles. The zero-order chi connectivity index (χ0) is 15.7. The van der Waals surface area contributed by atoms with E-state index < -0.39 is 5.54 Å². The minimum Gasteiger partial charge on any atom is -0.360 e. The zero-order valence-corrected chi connectivity index (χ0v) is 14.5. The Morgan fingerprint density at radius 1 is 1.12 bits per heavy atom. The van der Waals surface area contributed by atoms with Crippen molar-refractivity contribution < 1.29 is 9.26 Å². The van der Waals surface area contributed by atoms with Crippen LogP contribution in [0.5, 0.6) is 0 Å². The molecule has 24 heavy (non-hydrogen) atoms. The number of hydrogen-bond donors (Lipinski definition) is 1. The van der Waals surface area contributed by atoms with Gasteiger partial charge in [-0.1, -0.05) is 48.3 Å². The lowest BCUT2D eigenvalue weighted by Crippen LogP contribution is -2.44. The first kappa shape index (κ1) is 17.4. The number of halogens is 1. The van der Waals surface area contributed by atoms with Crippen molar-refractivity contribution in [2.24, 2.45) is 5.73 Å². The highest BCUT2D eigenvalue weighted by atomic mass is 35.5. The van der Waals surface area contributed by atoms with Gasteiger partial charge in [0.15, 0.2) is 11.9 Å². The molecule has 1 atom stereocenters. The summed E-state index contributed by atoms with van der Waals surface area (Å²) in [6.45, 7) is 0. The van der Waals surface area contributed by atoms with E-state index >= 15 is 0 Å². The topological polar surface area (TPSA) is 74.2 Å². The normalized spacial score (nSPS) is 21.0. The summed E-state index contributed by atoms with van der Waals surface area (Å²) in [5.74, 6) is 1.14. The van der Waals surface area contributed by atoms with Crippen LogP contribution in [0.1, 0.15) is 68.3 Å². The third-order valence-electron chi connectivity index (χ3n) is 5.09. The lowest BCUT2D eigenvalue weighted by atomic mass is 9.77. The molecular weight excluding hydrogens is 326 g/mol. The third kappa shape index (κ3) is 3.34. The Morgan fingerprint density at radius 3 is 2.46 bits per heavy atom. The Kier molecular flexibility index (Phi) is 5.23. The van der Waals surface area contributed by atoms with Gasteiger partial charge in [0.25, 0.3) is 5.89 Å². The van der Waals surface area contributed by atoms with Gasteiger partial charge < -0.3 is 15.0 Å². The van der Waals surface area contributed by atoms with Gasteiger partial charge >= 0.3 is 0 Å². The van der Waals surface area contributed by atoms with Crippen LogP contribution in [0.15, 0.2) is 34.9 Å². The molecular formula is C18H24ClN3O2. The molecule has 5 nitrogen and oxygen atoms in total. The maximum Gasteiger partial charge on any atom is 0.260 e. The van der Waals surface area contributed by atoms with E-state index in [2.05, 4.69) is 10.1 Å². The quantitative estimate of drug-likeness (QED) is 0.886. The number of benzene rings is 1. The summed E-state index contributed by atoms with van der Waals surface area (Å²) in [6, 6.07) is 10.1. The molecule has 2 N–H and O–H groups in total. The summed E-state index contributed by atoms with van der Waals surface area (Å²) in [4.78, 5) is 4.60. The van der Waals surface area contributed by atoms with Crippen molar-refractivity contribution in [3.63, 3.8) is 0 Å². The maximum absolute atomic E-state index is 6.32. The van der Waals surface area contributed by atoms with Crippen molar-refractivity contribution in [1.29, 1.82) is 0 Å². The second kappa shape index (κ2) is 7.21. The Balaban J connectivity index is 0.00000169. The number of aromatic nitrogens is 2. The number of nitrogens with zero attached hydrogens (tertiary/aromatic N) is 2. The predicted molar refractivity (Wildman–Crippen MR) is 92.9 cm³/mol. The molecule has 1 heterocycles. The Morgan fingerprint density at radius 2 is 1.83 bits per heavy atom. The Labute approximate surface area is 148 Å². The SMILES string of the molecule is Cl.NC1(c2noc(C(OC3CCCC3)c3ccccc3)n2)CCC1. The predicted octanol–water partition coefficient (Wildman–Crippen LogP) is 3.88. The second-order valence-electron chi connectivity index (χ2n) is 6.80. The minimum absolute atomic E-state index is 0. The lowest BCUT2D eigenvalue weighted by molar-refractivity contribution is -0.00315. The van der Waals surface area contributed by atoms with Gasteiger partial charge in [0.2, 0.25) is 0 Å². The molecule has 4 rings (SSSR count). The first-order valence-electron chi connectivity index (χ1n) is 8.58. The van der Waals surface area contributed by atoms with Crippen LogP contribution in [0.3, 0.4) is 0 Å². The Bertz CT molecular complexity index is 651. The van der Waals surface area contributed by atoms with Gasteiger partial charge in [-0.2, -0.15) is 4.98 Å². The van der Waals surface area contributed by atoms with Crippen LogP contribution >= 0.6 is 12.4 Å². The molecule has 0 amide bonds. The number of nitrogens with two attached hydrogens (primary N) is 1. The van der Waals surface area contributed by atoms with Crippen LogP contribution in [0.4, 0.5) is 0 Å². The molecule has 0 saturated heterocycles. The third-order valence-corrected chi connectivity index (χ3v) is 5.09. The van der Waals surface area contributed by atoms with Crippen LogP contribution in [0.25, 0.3) is 0 Å². The largest absolute Gasteiger partial charge is 0.360 e. The van der Waals surface area contributed by atoms with Gasteiger partial charge in [-0.25, -0.2) is 0 Å². The molecule has 130 valence electrons. The second-order valence-corrected chi connectivity index (χ2v) is 6.80. The maximum atomic E-state index is 6.32. The standard InChI is InChI=1S/C18H23N3O2.ClH/c19-18(11-6-12-18)17-20-16(23-21-17)15(13-7-2-1-3-8-13)22-14-9-4-5-10-14;/h1-3,7-8,14-15H,4-6,9-12,19H2;1H. The summed E-state index contributed by atoms with van der Waals surface area (Å²) in [7, 11) is 0. The van der Waals surface area contributed by atoms with E-state index in [4.69, 9.17) is 15.0 Å². The van der Waals surface area contributed by atoms with E-state index in [1.54, 1.807) is 0 Å². The van der Waals surface area contributed by atoms with Gasteiger partial charge in [-0.15, -0.1) is 12.4 Å². The van der Waals surface area contributed by atoms with Crippen molar-refractivity contribution in [2.45, 2.75) is 62.7 Å². The van der Waals surface area contributed by atoms with Crippen molar-refractivity contribution >= 4 is 12.4 Å². The van der Waals surface area contributed by atoms with Crippen LogP contribution in [-0.4, -0.2) is 16.2 Å². The number of ether oxygens (including phenoxy) is 1. The van der Waals surface area contributed by atoms with Gasteiger partial charge in [0.1, 0.15) is 0 Å². The van der Waals surface area contributed by atoms with Gasteiger partial charge in [-0.05, 0) is 37.7 Å². The molecule has 2 saturated carbocycles. The van der Waals surface area contributed by atoms with Crippen molar-refractivity contribution in [3.05, 3.63) is 47.6 Å². The van der Waals surface area contributed by atoms with E-state index in [0.29, 0.717) is 11.7 Å². The average Bonchev–Trinajstić information content (AvgIpc) is 3.23. The first-order valence-corrected chi connectivity index (χ1v) is 8.58. The zero-order valence-electron chi connectivity index (χ0n) is 13.7. The van der Waals surface area contributed by atoms with E-state index in [1.807, 2.05) is 30.3 Å². The van der Waals surface area contributed by atoms with E-state index in [-0.39, 0.29) is 24.6 Å². The molecule has 1 aromatic heterocycles. The van der Waals surface area contributed by atoms with E-state index in [1.165, 1.54) is 12.8 Å². The van der Waals surface area contributed by atoms with Gasteiger partial charge in [0, 0.05) is 0 Å². The van der Waals surface area contributed by atoms with E-state index in [0.717, 1.165) is 37.7 Å². The smallest absolute Gasteiger partial charge is 0.260 e. The molecule has 0 bridgehead atoms. The molecule has 1 unspecified atom stereocenters. The fourth-order valence-corrected chi connectivity index (χ4v) is 3.45. The molecule has 0 spiro atoms. The molecule has 6 heteroatoms. The van der Waals surface area contributed by atoms with Crippen molar-refractivity contribution in [3.8, 4) is 0 Å². The van der Waals surface area contributed by atoms with Crippen molar-refractivity contribution in [2.75, 3.05) is 0 Å².